The molecule has 0 bridgehead atoms. The molecule has 0 amide bonds. The number of aliphatic hydroxyl groups excluding tert-OH is 1. The molecule has 4 nitrogen and oxygen atoms in total. The van der Waals surface area contributed by atoms with Crippen molar-refractivity contribution in [1.82, 2.24) is 0 Å². The van der Waals surface area contributed by atoms with Gasteiger partial charge >= 0.3 is 0 Å². The standard InChI is InChI=1S/C16H14O3.CH4O/c17-11-3-6-15(18)13-9-7-12(8-10-13)14-4-1-2-5-16(14)19;1-2/h1-2,4-5,7-11,19H,3,6H2;2H,1H3. The van der Waals surface area contributed by atoms with Gasteiger partial charge in [-0.2, -0.15) is 0 Å². The molecular weight excluding hydrogens is 268 g/mol. The molecule has 0 spiro atoms. The number of hydrogen-bond acceptors (Lipinski definition) is 4. The molecule has 0 saturated carbocycles. The molecular formula is C17H18O4. The number of ketones is 1. The van der Waals surface area contributed by atoms with E-state index in [4.69, 9.17) is 5.11 Å². The molecule has 0 aliphatic carbocycles. The van der Waals surface area contributed by atoms with Crippen LogP contribution >= 0.6 is 0 Å². The van der Waals surface area contributed by atoms with E-state index in [2.05, 4.69) is 0 Å². The second-order valence-corrected chi connectivity index (χ2v) is 4.22. The Balaban J connectivity index is 0.00000106. The largest absolute Gasteiger partial charge is 0.507 e. The van der Waals surface area contributed by atoms with Gasteiger partial charge in [0, 0.05) is 31.1 Å². The van der Waals surface area contributed by atoms with E-state index in [1.807, 2.05) is 12.1 Å². The maximum atomic E-state index is 11.7. The number of para-hydroxylation sites is 1. The molecule has 2 aromatic carbocycles. The van der Waals surface area contributed by atoms with Crippen molar-refractivity contribution in [2.45, 2.75) is 12.8 Å². The summed E-state index contributed by atoms with van der Waals surface area (Å²) in [5.41, 5.74) is 2.17. The Morgan fingerprint density at radius 2 is 1.67 bits per heavy atom. The highest BCUT2D eigenvalue weighted by Gasteiger charge is 2.07. The average Bonchev–Trinajstić information content (AvgIpc) is 2.55. The third kappa shape index (κ3) is 4.54. The van der Waals surface area contributed by atoms with E-state index in [0.29, 0.717) is 5.56 Å². The van der Waals surface area contributed by atoms with Gasteiger partial charge in [-0.25, -0.2) is 0 Å². The normalized spacial score (nSPS) is 9.43. The lowest BCUT2D eigenvalue weighted by atomic mass is 10.0. The van der Waals surface area contributed by atoms with Crippen molar-refractivity contribution in [1.29, 1.82) is 0 Å². The number of aromatic hydroxyl groups is 1. The van der Waals surface area contributed by atoms with E-state index in [1.54, 1.807) is 36.4 Å². The Labute approximate surface area is 123 Å². The van der Waals surface area contributed by atoms with E-state index >= 15 is 0 Å². The number of aliphatic hydroxyl groups is 1. The number of phenols is 1. The molecule has 21 heavy (non-hydrogen) atoms. The number of rotatable bonds is 5. The summed E-state index contributed by atoms with van der Waals surface area (Å²) < 4.78 is 0. The van der Waals surface area contributed by atoms with Crippen LogP contribution in [-0.4, -0.2) is 29.4 Å². The smallest absolute Gasteiger partial charge is 0.163 e. The summed E-state index contributed by atoms with van der Waals surface area (Å²) in [4.78, 5) is 21.9. The molecule has 0 fully saturated rings. The number of carbonyl (C=O) groups is 2. The first-order valence-electron chi connectivity index (χ1n) is 6.52. The maximum Gasteiger partial charge on any atom is 0.163 e. The Hall–Kier alpha value is -2.46. The third-order valence-electron chi connectivity index (χ3n) is 2.91. The predicted molar refractivity (Wildman–Crippen MR) is 81.3 cm³/mol. The molecule has 0 aliphatic heterocycles. The molecule has 2 aromatic rings. The van der Waals surface area contributed by atoms with Gasteiger partial charge in [0.05, 0.1) is 0 Å². The van der Waals surface area contributed by atoms with Crippen LogP contribution in [0, 0.1) is 0 Å². The van der Waals surface area contributed by atoms with Crippen LogP contribution < -0.4 is 0 Å². The fourth-order valence-corrected chi connectivity index (χ4v) is 1.89. The zero-order chi connectivity index (χ0) is 15.7. The van der Waals surface area contributed by atoms with Gasteiger partial charge in [-0.1, -0.05) is 42.5 Å². The summed E-state index contributed by atoms with van der Waals surface area (Å²) >= 11 is 0. The van der Waals surface area contributed by atoms with Crippen LogP contribution in [0.15, 0.2) is 48.5 Å². The molecule has 0 atom stereocenters. The quantitative estimate of drug-likeness (QED) is 0.654. The molecule has 0 aromatic heterocycles. The molecule has 110 valence electrons. The van der Waals surface area contributed by atoms with Gasteiger partial charge in [0.1, 0.15) is 12.0 Å². The van der Waals surface area contributed by atoms with E-state index in [1.165, 1.54) is 0 Å². The topological polar surface area (TPSA) is 74.6 Å². The predicted octanol–water partition coefficient (Wildman–Crippen LogP) is 2.83. The second-order valence-electron chi connectivity index (χ2n) is 4.22. The highest BCUT2D eigenvalue weighted by atomic mass is 16.3. The number of phenolic OH excluding ortho intramolecular Hbond substituents is 1. The highest BCUT2D eigenvalue weighted by Crippen LogP contribution is 2.28. The van der Waals surface area contributed by atoms with Gasteiger partial charge in [-0.3, -0.25) is 4.79 Å². The van der Waals surface area contributed by atoms with Crippen molar-refractivity contribution >= 4 is 12.1 Å². The molecule has 0 radical (unpaired) electrons. The van der Waals surface area contributed by atoms with Crippen LogP contribution in [0.2, 0.25) is 0 Å². The molecule has 0 aliphatic rings. The SMILES string of the molecule is CO.O=CCCC(=O)c1ccc(-c2ccccc2O)cc1. The second kappa shape index (κ2) is 8.66. The fourth-order valence-electron chi connectivity index (χ4n) is 1.89. The summed E-state index contributed by atoms with van der Waals surface area (Å²) in [6, 6.07) is 14.1. The van der Waals surface area contributed by atoms with Crippen LogP contribution in [0.1, 0.15) is 23.2 Å². The van der Waals surface area contributed by atoms with Crippen LogP contribution in [0.3, 0.4) is 0 Å². The van der Waals surface area contributed by atoms with E-state index < -0.39 is 0 Å². The minimum absolute atomic E-state index is 0.0454. The molecule has 2 rings (SSSR count). The molecule has 4 heteroatoms. The van der Waals surface area contributed by atoms with Gasteiger partial charge in [0.25, 0.3) is 0 Å². The summed E-state index contributed by atoms with van der Waals surface area (Å²) in [6.07, 6.45) is 1.23. The summed E-state index contributed by atoms with van der Waals surface area (Å²) in [5.74, 6) is 0.165. The van der Waals surface area contributed by atoms with Crippen molar-refractivity contribution in [2.75, 3.05) is 7.11 Å². The Morgan fingerprint density at radius 3 is 2.24 bits per heavy atom. The Kier molecular flexibility index (Phi) is 6.84. The average molecular weight is 286 g/mol. The van der Waals surface area contributed by atoms with E-state index in [0.717, 1.165) is 24.5 Å². The van der Waals surface area contributed by atoms with Crippen molar-refractivity contribution in [3.8, 4) is 16.9 Å². The molecule has 0 unspecified atom stereocenters. The van der Waals surface area contributed by atoms with Gasteiger partial charge in [0.2, 0.25) is 0 Å². The Bertz CT molecular complexity index is 588. The van der Waals surface area contributed by atoms with Gasteiger partial charge in [-0.15, -0.1) is 0 Å². The first kappa shape index (κ1) is 16.6. The van der Waals surface area contributed by atoms with Gasteiger partial charge in [0.15, 0.2) is 5.78 Å². The van der Waals surface area contributed by atoms with Crippen molar-refractivity contribution in [3.63, 3.8) is 0 Å². The zero-order valence-electron chi connectivity index (χ0n) is 11.8. The Morgan fingerprint density at radius 1 is 1.05 bits per heavy atom. The van der Waals surface area contributed by atoms with E-state index in [9.17, 15) is 14.7 Å². The van der Waals surface area contributed by atoms with Gasteiger partial charge in [-0.05, 0) is 11.6 Å². The summed E-state index contributed by atoms with van der Waals surface area (Å²) in [7, 11) is 1.00. The third-order valence-corrected chi connectivity index (χ3v) is 2.91. The summed E-state index contributed by atoms with van der Waals surface area (Å²) in [5, 5.41) is 16.8. The van der Waals surface area contributed by atoms with E-state index in [-0.39, 0.29) is 24.4 Å². The fraction of sp³-hybridized carbons (Fsp3) is 0.176. The number of benzene rings is 2. The number of carbonyl (C=O) groups excluding carboxylic acids is 2. The first-order valence-corrected chi connectivity index (χ1v) is 6.52. The van der Waals surface area contributed by atoms with Crippen LogP contribution in [0.4, 0.5) is 0 Å². The van der Waals surface area contributed by atoms with Crippen LogP contribution in [-0.2, 0) is 4.79 Å². The summed E-state index contributed by atoms with van der Waals surface area (Å²) in [6.45, 7) is 0. The van der Waals surface area contributed by atoms with Gasteiger partial charge < -0.3 is 15.0 Å². The zero-order valence-corrected chi connectivity index (χ0v) is 11.8. The number of hydrogen-bond donors (Lipinski definition) is 2. The lowest BCUT2D eigenvalue weighted by molar-refractivity contribution is -0.107. The van der Waals surface area contributed by atoms with Crippen molar-refractivity contribution in [2.24, 2.45) is 0 Å². The highest BCUT2D eigenvalue weighted by molar-refractivity contribution is 5.97. The monoisotopic (exact) mass is 286 g/mol. The lowest BCUT2D eigenvalue weighted by Crippen LogP contribution is -1.98. The lowest BCUT2D eigenvalue weighted by Gasteiger charge is -2.05. The van der Waals surface area contributed by atoms with Crippen molar-refractivity contribution < 1.29 is 19.8 Å². The minimum atomic E-state index is -0.0454. The maximum absolute atomic E-state index is 11.7. The molecule has 0 heterocycles. The van der Waals surface area contributed by atoms with Crippen LogP contribution in [0.25, 0.3) is 11.1 Å². The molecule has 0 saturated heterocycles. The van der Waals surface area contributed by atoms with Crippen LogP contribution in [0.5, 0.6) is 5.75 Å². The molecule has 2 N–H and O–H groups in total. The first-order chi connectivity index (χ1) is 10.2. The minimum Gasteiger partial charge on any atom is -0.507 e. The number of Topliss-reactive ketones (excluding diaryl/α,β-unsaturated/α-hetero) is 1. The van der Waals surface area contributed by atoms with Crippen molar-refractivity contribution in [3.05, 3.63) is 54.1 Å². The number of aldehydes is 1.